The predicted octanol–water partition coefficient (Wildman–Crippen LogP) is 4.02. The lowest BCUT2D eigenvalue weighted by Crippen LogP contribution is -2.31. The number of hydrogen-bond donors (Lipinski definition) is 1. The third kappa shape index (κ3) is 5.01. The number of ether oxygens (including phenoxy) is 2. The molecule has 1 N–H and O–H groups in total. The number of para-hydroxylation sites is 1. The number of carbonyl (C=O) groups is 2. The van der Waals surface area contributed by atoms with Crippen molar-refractivity contribution in [3.8, 4) is 5.75 Å². The van der Waals surface area contributed by atoms with Gasteiger partial charge < -0.3 is 19.2 Å². The quantitative estimate of drug-likeness (QED) is 0.600. The van der Waals surface area contributed by atoms with Gasteiger partial charge in [0.15, 0.2) is 13.2 Å². The maximum atomic E-state index is 13.0. The number of carbonyl (C=O) groups excluding carboxylic acids is 2. The Kier molecular flexibility index (Phi) is 6.16. The minimum absolute atomic E-state index is 0.0326. The van der Waals surface area contributed by atoms with Crippen LogP contribution in [0.2, 0.25) is 5.02 Å². The Morgan fingerprint density at radius 2 is 1.96 bits per heavy atom. The Morgan fingerprint density at radius 1 is 1.18 bits per heavy atom. The standard InChI is InChI=1S/C20H17ClFNO5/c1-12(18-8-13-4-2-3-5-16(13)28-18)23-19(24)10-27-20(25)11-26-17-7-6-14(22)9-15(17)21/h2-9,12H,10-11H2,1H3,(H,23,24)/t12-/m0/s1. The van der Waals surface area contributed by atoms with Crippen LogP contribution in [0.3, 0.4) is 0 Å². The molecule has 0 radical (unpaired) electrons. The first-order valence-corrected chi connectivity index (χ1v) is 8.81. The van der Waals surface area contributed by atoms with Crippen LogP contribution in [0.4, 0.5) is 4.39 Å². The topological polar surface area (TPSA) is 77.8 Å². The number of halogens is 2. The molecule has 146 valence electrons. The minimum Gasteiger partial charge on any atom is -0.480 e. The van der Waals surface area contributed by atoms with E-state index in [4.69, 9.17) is 25.5 Å². The maximum absolute atomic E-state index is 13.0. The molecule has 2 aromatic carbocycles. The fourth-order valence-electron chi connectivity index (χ4n) is 2.49. The average molecular weight is 406 g/mol. The Bertz CT molecular complexity index is 970. The highest BCUT2D eigenvalue weighted by Crippen LogP contribution is 2.25. The molecule has 0 saturated carbocycles. The van der Waals surface area contributed by atoms with Gasteiger partial charge in [0, 0.05) is 5.39 Å². The van der Waals surface area contributed by atoms with Gasteiger partial charge in [-0.3, -0.25) is 4.79 Å². The van der Waals surface area contributed by atoms with E-state index in [-0.39, 0.29) is 10.8 Å². The van der Waals surface area contributed by atoms with Crippen LogP contribution in [0.15, 0.2) is 52.9 Å². The van der Waals surface area contributed by atoms with Crippen LogP contribution in [0.5, 0.6) is 5.75 Å². The molecule has 6 nitrogen and oxygen atoms in total. The first-order chi connectivity index (χ1) is 13.4. The van der Waals surface area contributed by atoms with Crippen LogP contribution in [-0.4, -0.2) is 25.1 Å². The van der Waals surface area contributed by atoms with Crippen LogP contribution in [0, 0.1) is 5.82 Å². The van der Waals surface area contributed by atoms with Crippen molar-refractivity contribution in [3.63, 3.8) is 0 Å². The van der Waals surface area contributed by atoms with Gasteiger partial charge in [-0.15, -0.1) is 0 Å². The van der Waals surface area contributed by atoms with Crippen molar-refractivity contribution in [2.75, 3.05) is 13.2 Å². The van der Waals surface area contributed by atoms with Gasteiger partial charge in [0.2, 0.25) is 0 Å². The molecular formula is C20H17ClFNO5. The number of esters is 1. The van der Waals surface area contributed by atoms with Crippen molar-refractivity contribution in [2.45, 2.75) is 13.0 Å². The van der Waals surface area contributed by atoms with E-state index in [0.717, 1.165) is 23.1 Å². The van der Waals surface area contributed by atoms with Gasteiger partial charge in [-0.05, 0) is 37.3 Å². The van der Waals surface area contributed by atoms with E-state index >= 15 is 0 Å². The van der Waals surface area contributed by atoms with Crippen LogP contribution in [0.25, 0.3) is 11.0 Å². The Labute approximate surface area is 165 Å². The highest BCUT2D eigenvalue weighted by molar-refractivity contribution is 6.32. The maximum Gasteiger partial charge on any atom is 0.344 e. The summed E-state index contributed by atoms with van der Waals surface area (Å²) >= 11 is 5.80. The predicted molar refractivity (Wildman–Crippen MR) is 101 cm³/mol. The Morgan fingerprint density at radius 3 is 2.71 bits per heavy atom. The molecule has 1 amide bonds. The minimum atomic E-state index is -0.757. The zero-order chi connectivity index (χ0) is 20.1. The second-order valence-electron chi connectivity index (χ2n) is 6.00. The van der Waals surface area contributed by atoms with Gasteiger partial charge in [-0.25, -0.2) is 9.18 Å². The second-order valence-corrected chi connectivity index (χ2v) is 6.41. The highest BCUT2D eigenvalue weighted by Gasteiger charge is 2.16. The SMILES string of the molecule is C[C@H](NC(=O)COC(=O)COc1ccc(F)cc1Cl)c1cc2ccccc2o1. The van der Waals surface area contributed by atoms with Gasteiger partial charge in [-0.2, -0.15) is 0 Å². The van der Waals surface area contributed by atoms with Crippen molar-refractivity contribution in [2.24, 2.45) is 0 Å². The molecule has 3 rings (SSSR count). The average Bonchev–Trinajstić information content (AvgIpc) is 3.10. The molecule has 1 aromatic heterocycles. The van der Waals surface area contributed by atoms with Crippen molar-refractivity contribution in [1.82, 2.24) is 5.32 Å². The molecule has 0 fully saturated rings. The van der Waals surface area contributed by atoms with E-state index in [2.05, 4.69) is 5.32 Å². The lowest BCUT2D eigenvalue weighted by molar-refractivity contribution is -0.150. The Balaban J connectivity index is 1.44. The van der Waals surface area contributed by atoms with Gasteiger partial charge >= 0.3 is 5.97 Å². The van der Waals surface area contributed by atoms with Crippen molar-refractivity contribution < 1.29 is 27.9 Å². The monoisotopic (exact) mass is 405 g/mol. The third-order valence-corrected chi connectivity index (χ3v) is 4.15. The third-order valence-electron chi connectivity index (χ3n) is 3.85. The van der Waals surface area contributed by atoms with Crippen molar-refractivity contribution in [1.29, 1.82) is 0 Å². The van der Waals surface area contributed by atoms with E-state index in [1.165, 1.54) is 6.07 Å². The summed E-state index contributed by atoms with van der Waals surface area (Å²) in [6.45, 7) is 0.832. The number of rotatable bonds is 7. The molecular weight excluding hydrogens is 389 g/mol. The molecule has 0 aliphatic heterocycles. The largest absolute Gasteiger partial charge is 0.480 e. The molecule has 0 unspecified atom stereocenters. The molecule has 0 bridgehead atoms. The molecule has 0 spiro atoms. The van der Waals surface area contributed by atoms with Gasteiger partial charge in [0.05, 0.1) is 11.1 Å². The summed E-state index contributed by atoms with van der Waals surface area (Å²) in [5.41, 5.74) is 0.724. The fourth-order valence-corrected chi connectivity index (χ4v) is 2.71. The normalized spacial score (nSPS) is 11.8. The van der Waals surface area contributed by atoms with Gasteiger partial charge in [-0.1, -0.05) is 29.8 Å². The molecule has 8 heteroatoms. The zero-order valence-electron chi connectivity index (χ0n) is 14.9. The number of amides is 1. The second kappa shape index (κ2) is 8.75. The van der Waals surface area contributed by atoms with Crippen LogP contribution < -0.4 is 10.1 Å². The smallest absolute Gasteiger partial charge is 0.344 e. The summed E-state index contributed by atoms with van der Waals surface area (Å²) in [5, 5.41) is 3.65. The molecule has 0 aliphatic carbocycles. The number of fused-ring (bicyclic) bond motifs is 1. The van der Waals surface area contributed by atoms with E-state index < -0.39 is 36.9 Å². The summed E-state index contributed by atoms with van der Waals surface area (Å²) < 4.78 is 28.7. The fraction of sp³-hybridized carbons (Fsp3) is 0.200. The summed E-state index contributed by atoms with van der Waals surface area (Å²) in [4.78, 5) is 23.7. The van der Waals surface area contributed by atoms with E-state index in [1.54, 1.807) is 6.92 Å². The molecule has 3 aromatic rings. The highest BCUT2D eigenvalue weighted by atomic mass is 35.5. The lowest BCUT2D eigenvalue weighted by atomic mass is 10.2. The summed E-state index contributed by atoms with van der Waals surface area (Å²) in [6.07, 6.45) is 0. The number of hydrogen-bond acceptors (Lipinski definition) is 5. The van der Waals surface area contributed by atoms with E-state index in [1.807, 2.05) is 30.3 Å². The first kappa shape index (κ1) is 19.7. The Hall–Kier alpha value is -3.06. The van der Waals surface area contributed by atoms with Gasteiger partial charge in [0.1, 0.15) is 22.9 Å². The summed E-state index contributed by atoms with van der Waals surface area (Å²) in [5.74, 6) is -1.03. The van der Waals surface area contributed by atoms with E-state index in [9.17, 15) is 14.0 Å². The zero-order valence-corrected chi connectivity index (χ0v) is 15.7. The number of benzene rings is 2. The molecule has 0 saturated heterocycles. The molecule has 1 atom stereocenters. The first-order valence-electron chi connectivity index (χ1n) is 8.43. The summed E-state index contributed by atoms with van der Waals surface area (Å²) in [7, 11) is 0. The lowest BCUT2D eigenvalue weighted by Gasteiger charge is -2.12. The molecule has 1 heterocycles. The molecule has 28 heavy (non-hydrogen) atoms. The molecule has 0 aliphatic rings. The van der Waals surface area contributed by atoms with E-state index in [0.29, 0.717) is 5.76 Å². The van der Waals surface area contributed by atoms with Crippen LogP contribution >= 0.6 is 11.6 Å². The van der Waals surface area contributed by atoms with Crippen LogP contribution in [-0.2, 0) is 14.3 Å². The van der Waals surface area contributed by atoms with Crippen molar-refractivity contribution in [3.05, 3.63) is 65.1 Å². The number of furan rings is 1. The van der Waals surface area contributed by atoms with Crippen molar-refractivity contribution >= 4 is 34.4 Å². The number of nitrogens with one attached hydrogen (secondary N) is 1. The van der Waals surface area contributed by atoms with Crippen LogP contribution in [0.1, 0.15) is 18.7 Å². The van der Waals surface area contributed by atoms with Gasteiger partial charge in [0.25, 0.3) is 5.91 Å². The summed E-state index contributed by atoms with van der Waals surface area (Å²) in [6, 6.07) is 12.5.